The fraction of sp³-hybridized carbons (Fsp3) is 0.846. The van der Waals surface area contributed by atoms with Crippen molar-refractivity contribution in [2.75, 3.05) is 33.4 Å². The maximum atomic E-state index is 4.89. The molecule has 0 atom stereocenters. The summed E-state index contributed by atoms with van der Waals surface area (Å²) in [5, 5.41) is 0. The molecule has 0 saturated heterocycles. The van der Waals surface area contributed by atoms with Crippen LogP contribution in [0.2, 0.25) is 0 Å². The van der Waals surface area contributed by atoms with Gasteiger partial charge in [0.15, 0.2) is 0 Å². The van der Waals surface area contributed by atoms with Crippen molar-refractivity contribution in [2.45, 2.75) is 39.5 Å². The highest BCUT2D eigenvalue weighted by atomic mass is 16.5. The van der Waals surface area contributed by atoms with Crippen LogP contribution in [0.4, 0.5) is 0 Å². The molecule has 0 N–H and O–H groups in total. The zero-order valence-corrected chi connectivity index (χ0v) is 10.5. The van der Waals surface area contributed by atoms with E-state index in [1.807, 2.05) is 0 Å². The van der Waals surface area contributed by atoms with Crippen LogP contribution in [0.5, 0.6) is 0 Å². The zero-order chi connectivity index (χ0) is 11.4. The number of hydrogen-bond donors (Lipinski definition) is 0. The normalized spacial score (nSPS) is 10.1. The summed E-state index contributed by atoms with van der Waals surface area (Å²) in [5.74, 6) is 6.16. The summed E-state index contributed by atoms with van der Waals surface area (Å²) >= 11 is 0. The van der Waals surface area contributed by atoms with Gasteiger partial charge in [0.2, 0.25) is 0 Å². The van der Waals surface area contributed by atoms with Gasteiger partial charge in [0.05, 0.1) is 6.54 Å². The zero-order valence-electron chi connectivity index (χ0n) is 10.5. The van der Waals surface area contributed by atoms with Crippen molar-refractivity contribution in [1.29, 1.82) is 0 Å². The van der Waals surface area contributed by atoms with Gasteiger partial charge in [-0.25, -0.2) is 0 Å². The Balaban J connectivity index is 3.74. The van der Waals surface area contributed by atoms with Gasteiger partial charge in [0, 0.05) is 7.11 Å². The van der Waals surface area contributed by atoms with Crippen LogP contribution >= 0.6 is 0 Å². The molecule has 0 aromatic carbocycles. The van der Waals surface area contributed by atoms with Gasteiger partial charge >= 0.3 is 0 Å². The van der Waals surface area contributed by atoms with E-state index in [1.54, 1.807) is 7.11 Å². The maximum absolute atomic E-state index is 4.89. The third-order valence-electron chi connectivity index (χ3n) is 2.30. The van der Waals surface area contributed by atoms with Crippen molar-refractivity contribution in [2.24, 2.45) is 0 Å². The third kappa shape index (κ3) is 9.78. The summed E-state index contributed by atoms with van der Waals surface area (Å²) in [6.45, 7) is 8.26. The maximum Gasteiger partial charge on any atom is 0.107 e. The Kier molecular flexibility index (Phi) is 11.2. The lowest BCUT2D eigenvalue weighted by Gasteiger charge is -2.18. The van der Waals surface area contributed by atoms with E-state index in [-0.39, 0.29) is 0 Å². The second-order valence-electron chi connectivity index (χ2n) is 3.77. The molecule has 0 amide bonds. The van der Waals surface area contributed by atoms with Crippen LogP contribution in [0.25, 0.3) is 0 Å². The van der Waals surface area contributed by atoms with Gasteiger partial charge in [0.1, 0.15) is 6.61 Å². The summed E-state index contributed by atoms with van der Waals surface area (Å²) in [6.07, 6.45) is 5.06. The van der Waals surface area contributed by atoms with Gasteiger partial charge in [-0.05, 0) is 25.9 Å². The Hall–Kier alpha value is -0.520. The SMILES string of the molecule is CCCCN(CC#CCOC)CCCC. The molecule has 0 aliphatic rings. The molecule has 0 radical (unpaired) electrons. The molecule has 0 bridgehead atoms. The summed E-state index contributed by atoms with van der Waals surface area (Å²) in [4.78, 5) is 2.44. The second-order valence-corrected chi connectivity index (χ2v) is 3.77. The number of ether oxygens (including phenoxy) is 1. The minimum absolute atomic E-state index is 0.551. The molecule has 0 aliphatic heterocycles. The van der Waals surface area contributed by atoms with Gasteiger partial charge in [-0.1, -0.05) is 38.5 Å². The Morgan fingerprint density at radius 1 is 1.00 bits per heavy atom. The van der Waals surface area contributed by atoms with Gasteiger partial charge in [0.25, 0.3) is 0 Å². The number of nitrogens with zero attached hydrogens (tertiary/aromatic N) is 1. The second kappa shape index (κ2) is 11.6. The molecule has 0 saturated carbocycles. The molecule has 15 heavy (non-hydrogen) atoms. The highest BCUT2D eigenvalue weighted by Crippen LogP contribution is 1.98. The van der Waals surface area contributed by atoms with E-state index in [4.69, 9.17) is 4.74 Å². The van der Waals surface area contributed by atoms with E-state index in [0.29, 0.717) is 6.61 Å². The highest BCUT2D eigenvalue weighted by molar-refractivity contribution is 5.01. The molecule has 0 heterocycles. The van der Waals surface area contributed by atoms with Crippen LogP contribution in [-0.4, -0.2) is 38.3 Å². The van der Waals surface area contributed by atoms with Gasteiger partial charge in [-0.15, -0.1) is 0 Å². The standard InChI is InChI=1S/C13H25NO/c1-4-6-10-14(11-7-5-2)12-8-9-13-15-3/h4-7,10-13H2,1-3H3. The molecule has 0 aromatic rings. The summed E-state index contributed by atoms with van der Waals surface area (Å²) in [6, 6.07) is 0. The quantitative estimate of drug-likeness (QED) is 0.572. The minimum Gasteiger partial charge on any atom is -0.372 e. The van der Waals surface area contributed by atoms with E-state index >= 15 is 0 Å². The lowest BCUT2D eigenvalue weighted by Crippen LogP contribution is -2.26. The van der Waals surface area contributed by atoms with Crippen molar-refractivity contribution in [3.63, 3.8) is 0 Å². The molecule has 2 heteroatoms. The minimum atomic E-state index is 0.551. The van der Waals surface area contributed by atoms with E-state index in [9.17, 15) is 0 Å². The van der Waals surface area contributed by atoms with Crippen LogP contribution in [0.15, 0.2) is 0 Å². The summed E-state index contributed by atoms with van der Waals surface area (Å²) in [7, 11) is 1.68. The van der Waals surface area contributed by atoms with Crippen LogP contribution in [-0.2, 0) is 4.74 Å². The predicted octanol–water partition coefficient (Wildman–Crippen LogP) is 2.54. The Bertz CT molecular complexity index is 173. The highest BCUT2D eigenvalue weighted by Gasteiger charge is 2.00. The van der Waals surface area contributed by atoms with Crippen molar-refractivity contribution < 1.29 is 4.74 Å². The largest absolute Gasteiger partial charge is 0.372 e. The van der Waals surface area contributed by atoms with Crippen molar-refractivity contribution in [3.8, 4) is 11.8 Å². The first kappa shape index (κ1) is 14.5. The lowest BCUT2D eigenvalue weighted by molar-refractivity contribution is 0.239. The van der Waals surface area contributed by atoms with Crippen LogP contribution in [0, 0.1) is 11.8 Å². The van der Waals surface area contributed by atoms with Crippen LogP contribution in [0.3, 0.4) is 0 Å². The van der Waals surface area contributed by atoms with Crippen LogP contribution in [0.1, 0.15) is 39.5 Å². The first-order valence-electron chi connectivity index (χ1n) is 6.02. The monoisotopic (exact) mass is 211 g/mol. The van der Waals surface area contributed by atoms with Gasteiger partial charge in [-0.3, -0.25) is 4.90 Å². The third-order valence-corrected chi connectivity index (χ3v) is 2.30. The summed E-state index contributed by atoms with van der Waals surface area (Å²) < 4.78 is 4.89. The average molecular weight is 211 g/mol. The van der Waals surface area contributed by atoms with Gasteiger partial charge < -0.3 is 4.74 Å². The predicted molar refractivity (Wildman–Crippen MR) is 65.9 cm³/mol. The molecule has 2 nitrogen and oxygen atoms in total. The molecule has 0 aliphatic carbocycles. The number of unbranched alkanes of at least 4 members (excludes halogenated alkanes) is 2. The van der Waals surface area contributed by atoms with E-state index < -0.39 is 0 Å². The lowest BCUT2D eigenvalue weighted by atomic mass is 10.2. The molecule has 0 fully saturated rings. The van der Waals surface area contributed by atoms with Crippen LogP contribution < -0.4 is 0 Å². The molecule has 0 unspecified atom stereocenters. The Morgan fingerprint density at radius 2 is 1.60 bits per heavy atom. The smallest absolute Gasteiger partial charge is 0.107 e. The topological polar surface area (TPSA) is 12.5 Å². The first-order valence-corrected chi connectivity index (χ1v) is 6.02. The van der Waals surface area contributed by atoms with E-state index in [2.05, 4.69) is 30.6 Å². The molecular weight excluding hydrogens is 186 g/mol. The Morgan fingerprint density at radius 3 is 2.07 bits per heavy atom. The fourth-order valence-electron chi connectivity index (χ4n) is 1.32. The van der Waals surface area contributed by atoms with Crippen molar-refractivity contribution >= 4 is 0 Å². The fourth-order valence-corrected chi connectivity index (χ4v) is 1.32. The number of hydrogen-bond acceptors (Lipinski definition) is 2. The average Bonchev–Trinajstić information content (AvgIpc) is 2.27. The molecular formula is C13H25NO. The van der Waals surface area contributed by atoms with Gasteiger partial charge in [-0.2, -0.15) is 0 Å². The van der Waals surface area contributed by atoms with Crippen molar-refractivity contribution in [1.82, 2.24) is 4.90 Å². The molecule has 0 aromatic heterocycles. The summed E-state index contributed by atoms with van der Waals surface area (Å²) in [5.41, 5.74) is 0. The van der Waals surface area contributed by atoms with Crippen molar-refractivity contribution in [3.05, 3.63) is 0 Å². The van der Waals surface area contributed by atoms with E-state index in [1.165, 1.54) is 38.8 Å². The molecule has 0 spiro atoms. The molecule has 0 rings (SSSR count). The van der Waals surface area contributed by atoms with E-state index in [0.717, 1.165) is 6.54 Å². The first-order chi connectivity index (χ1) is 7.35. The molecule has 88 valence electrons. The number of rotatable bonds is 8. The number of methoxy groups -OCH3 is 1. The Labute approximate surface area is 95.0 Å².